The summed E-state index contributed by atoms with van der Waals surface area (Å²) < 4.78 is 19.4. The molecule has 1 N–H and O–H groups in total. The minimum Gasteiger partial charge on any atom is -0.423 e. The van der Waals surface area contributed by atoms with Crippen molar-refractivity contribution in [2.45, 2.75) is 6.42 Å². The number of halogens is 3. The van der Waals surface area contributed by atoms with E-state index in [0.717, 1.165) is 33.7 Å². The van der Waals surface area contributed by atoms with Crippen LogP contribution in [0.15, 0.2) is 79.5 Å². The summed E-state index contributed by atoms with van der Waals surface area (Å²) in [5, 5.41) is 8.21. The Morgan fingerprint density at radius 3 is 2.70 bits per heavy atom. The standard InChI is InChI=1S/C26H19Cl2FN2O2/c1-2-25(32)33-24-6-4-3-5-21(24)26(16-7-10-23-17(13-16)15-30-31-23)20(11-12-27)19-9-8-18(29)14-22(19)28/h2-10,13-15H,1,11-12H2,(H,30,31)/b26-20+. The number of nitrogens with zero attached hydrogens (tertiary/aromatic N) is 1. The molecular weight excluding hydrogens is 462 g/mol. The Labute approximate surface area is 200 Å². The van der Waals surface area contributed by atoms with Crippen LogP contribution in [0.3, 0.4) is 0 Å². The fourth-order valence-corrected chi connectivity index (χ4v) is 4.20. The summed E-state index contributed by atoms with van der Waals surface area (Å²) in [6.07, 6.45) is 3.27. The van der Waals surface area contributed by atoms with Gasteiger partial charge in [0.15, 0.2) is 0 Å². The van der Waals surface area contributed by atoms with Gasteiger partial charge in [-0.25, -0.2) is 9.18 Å². The molecule has 7 heteroatoms. The lowest BCUT2D eigenvalue weighted by molar-refractivity contribution is -0.128. The Morgan fingerprint density at radius 1 is 1.12 bits per heavy atom. The lowest BCUT2D eigenvalue weighted by atomic mass is 9.87. The van der Waals surface area contributed by atoms with Gasteiger partial charge in [-0.15, -0.1) is 11.6 Å². The molecule has 0 spiro atoms. The molecule has 0 radical (unpaired) electrons. The first kappa shape index (κ1) is 22.8. The number of H-pyrrole nitrogens is 1. The van der Waals surface area contributed by atoms with E-state index in [1.165, 1.54) is 12.1 Å². The van der Waals surface area contributed by atoms with Crippen molar-refractivity contribution >= 4 is 51.2 Å². The number of benzene rings is 3. The number of carbonyl (C=O) groups excluding carboxylic acids is 1. The summed E-state index contributed by atoms with van der Waals surface area (Å²) in [6.45, 7) is 3.48. The minimum absolute atomic E-state index is 0.262. The molecule has 0 aliphatic carbocycles. The maximum absolute atomic E-state index is 13.8. The molecule has 0 aliphatic heterocycles. The summed E-state index contributed by atoms with van der Waals surface area (Å²) in [6, 6.07) is 17.3. The number of esters is 1. The van der Waals surface area contributed by atoms with E-state index in [9.17, 15) is 9.18 Å². The quantitative estimate of drug-likeness (QED) is 0.101. The molecule has 1 heterocycles. The molecule has 0 fully saturated rings. The van der Waals surface area contributed by atoms with Gasteiger partial charge in [-0.05, 0) is 59.0 Å². The average molecular weight is 481 g/mol. The van der Waals surface area contributed by atoms with Gasteiger partial charge in [0.2, 0.25) is 0 Å². The zero-order valence-corrected chi connectivity index (χ0v) is 19.0. The summed E-state index contributed by atoms with van der Waals surface area (Å²) >= 11 is 12.7. The van der Waals surface area contributed by atoms with Crippen LogP contribution >= 0.6 is 23.2 Å². The molecule has 0 atom stereocenters. The third-order valence-electron chi connectivity index (χ3n) is 5.17. The summed E-state index contributed by atoms with van der Waals surface area (Å²) in [5.74, 6) is -0.355. The number of fused-ring (bicyclic) bond motifs is 1. The summed E-state index contributed by atoms with van der Waals surface area (Å²) in [5.41, 5.74) is 4.58. The Morgan fingerprint density at radius 2 is 1.94 bits per heavy atom. The van der Waals surface area contributed by atoms with Crippen molar-refractivity contribution < 1.29 is 13.9 Å². The fourth-order valence-electron chi connectivity index (χ4n) is 3.73. The van der Waals surface area contributed by atoms with Crippen molar-refractivity contribution in [1.29, 1.82) is 0 Å². The molecule has 3 aromatic carbocycles. The molecule has 0 saturated carbocycles. The van der Waals surface area contributed by atoms with E-state index >= 15 is 0 Å². The Hall–Kier alpha value is -3.41. The number of para-hydroxylation sites is 1. The third-order valence-corrected chi connectivity index (χ3v) is 5.67. The van der Waals surface area contributed by atoms with Crippen molar-refractivity contribution in [3.05, 3.63) is 107 Å². The molecule has 33 heavy (non-hydrogen) atoms. The number of ether oxygens (including phenoxy) is 1. The Balaban J connectivity index is 2.06. The second kappa shape index (κ2) is 10.0. The number of allylic oxidation sites excluding steroid dienone is 1. The van der Waals surface area contributed by atoms with Gasteiger partial charge in [-0.3, -0.25) is 5.10 Å². The van der Waals surface area contributed by atoms with Gasteiger partial charge in [-0.2, -0.15) is 5.10 Å². The fraction of sp³-hybridized carbons (Fsp3) is 0.0769. The number of rotatable bonds is 7. The highest BCUT2D eigenvalue weighted by atomic mass is 35.5. The molecule has 0 saturated heterocycles. The lowest BCUT2D eigenvalue weighted by Gasteiger charge is -2.20. The van der Waals surface area contributed by atoms with Crippen LogP contribution in [0.1, 0.15) is 23.1 Å². The monoisotopic (exact) mass is 480 g/mol. The van der Waals surface area contributed by atoms with Gasteiger partial charge in [0, 0.05) is 22.9 Å². The first-order valence-electron chi connectivity index (χ1n) is 10.1. The number of hydrogen-bond acceptors (Lipinski definition) is 3. The van der Waals surface area contributed by atoms with Crippen LogP contribution in [0, 0.1) is 5.82 Å². The maximum atomic E-state index is 13.8. The zero-order valence-electron chi connectivity index (χ0n) is 17.4. The van der Waals surface area contributed by atoms with Gasteiger partial charge in [0.25, 0.3) is 0 Å². The second-order valence-electron chi connectivity index (χ2n) is 7.21. The first-order valence-corrected chi connectivity index (χ1v) is 11.0. The van der Waals surface area contributed by atoms with Crippen LogP contribution in [0.2, 0.25) is 5.02 Å². The number of aromatic nitrogens is 2. The zero-order chi connectivity index (χ0) is 23.4. The van der Waals surface area contributed by atoms with Crippen molar-refractivity contribution in [3.8, 4) is 5.75 Å². The van der Waals surface area contributed by atoms with Crippen LogP contribution in [0.4, 0.5) is 4.39 Å². The predicted octanol–water partition coefficient (Wildman–Crippen LogP) is 7.03. The van der Waals surface area contributed by atoms with Crippen molar-refractivity contribution in [1.82, 2.24) is 10.2 Å². The number of carbonyl (C=O) groups is 1. The highest BCUT2D eigenvalue weighted by molar-refractivity contribution is 6.33. The highest BCUT2D eigenvalue weighted by Gasteiger charge is 2.20. The Kier molecular flexibility index (Phi) is 6.92. The van der Waals surface area contributed by atoms with E-state index in [1.54, 1.807) is 24.4 Å². The number of aromatic amines is 1. The van der Waals surface area contributed by atoms with E-state index in [4.69, 9.17) is 27.9 Å². The van der Waals surface area contributed by atoms with Crippen LogP contribution in [-0.2, 0) is 4.79 Å². The van der Waals surface area contributed by atoms with Crippen molar-refractivity contribution in [2.24, 2.45) is 0 Å². The lowest BCUT2D eigenvalue weighted by Crippen LogP contribution is -2.06. The van der Waals surface area contributed by atoms with E-state index in [1.807, 2.05) is 30.3 Å². The van der Waals surface area contributed by atoms with Crippen LogP contribution in [-0.4, -0.2) is 22.0 Å². The number of alkyl halides is 1. The second-order valence-corrected chi connectivity index (χ2v) is 8.00. The SMILES string of the molecule is C=CC(=O)Oc1ccccc1/C(=C(\CCCl)c1ccc(F)cc1Cl)c1ccc2[nH]ncc2c1. The maximum Gasteiger partial charge on any atom is 0.335 e. The molecule has 4 rings (SSSR count). The van der Waals surface area contributed by atoms with E-state index in [0.29, 0.717) is 29.2 Å². The van der Waals surface area contributed by atoms with E-state index < -0.39 is 11.8 Å². The molecule has 166 valence electrons. The Bertz CT molecular complexity index is 1380. The van der Waals surface area contributed by atoms with Gasteiger partial charge in [0.1, 0.15) is 11.6 Å². The molecule has 0 bridgehead atoms. The molecule has 0 amide bonds. The largest absolute Gasteiger partial charge is 0.423 e. The summed E-state index contributed by atoms with van der Waals surface area (Å²) in [7, 11) is 0. The van der Waals surface area contributed by atoms with Crippen molar-refractivity contribution in [3.63, 3.8) is 0 Å². The van der Waals surface area contributed by atoms with Crippen molar-refractivity contribution in [2.75, 3.05) is 5.88 Å². The van der Waals surface area contributed by atoms with Gasteiger partial charge >= 0.3 is 5.97 Å². The number of hydrogen-bond donors (Lipinski definition) is 1. The van der Waals surface area contributed by atoms with Crippen LogP contribution in [0.5, 0.6) is 5.75 Å². The third kappa shape index (κ3) is 4.85. The average Bonchev–Trinajstić information content (AvgIpc) is 3.28. The summed E-state index contributed by atoms with van der Waals surface area (Å²) in [4.78, 5) is 12.0. The normalized spacial score (nSPS) is 11.8. The molecule has 0 aliphatic rings. The first-order chi connectivity index (χ1) is 16.0. The molecule has 1 aromatic heterocycles. The predicted molar refractivity (Wildman–Crippen MR) is 131 cm³/mol. The number of nitrogens with one attached hydrogen (secondary N) is 1. The molecule has 4 aromatic rings. The highest BCUT2D eigenvalue weighted by Crippen LogP contribution is 2.41. The minimum atomic E-state index is -0.578. The van der Waals surface area contributed by atoms with E-state index in [2.05, 4.69) is 16.8 Å². The molecular formula is C26H19Cl2FN2O2. The van der Waals surface area contributed by atoms with Crippen LogP contribution in [0.25, 0.3) is 22.0 Å². The molecule has 0 unspecified atom stereocenters. The molecule has 4 nitrogen and oxygen atoms in total. The van der Waals surface area contributed by atoms with Gasteiger partial charge in [-0.1, -0.05) is 48.5 Å². The van der Waals surface area contributed by atoms with E-state index in [-0.39, 0.29) is 5.02 Å². The topological polar surface area (TPSA) is 55.0 Å². The van der Waals surface area contributed by atoms with Gasteiger partial charge in [0.05, 0.1) is 16.7 Å². The van der Waals surface area contributed by atoms with Gasteiger partial charge < -0.3 is 4.74 Å². The van der Waals surface area contributed by atoms with Crippen LogP contribution < -0.4 is 4.74 Å². The smallest absolute Gasteiger partial charge is 0.335 e.